The van der Waals surface area contributed by atoms with Crippen molar-refractivity contribution in [2.45, 2.75) is 0 Å². The predicted molar refractivity (Wildman–Crippen MR) is 108 cm³/mol. The Morgan fingerprint density at radius 3 is 2.31 bits per heavy atom. The lowest BCUT2D eigenvalue weighted by atomic mass is 10.2. The van der Waals surface area contributed by atoms with E-state index in [1.807, 2.05) is 74.8 Å². The summed E-state index contributed by atoms with van der Waals surface area (Å²) < 4.78 is 0. The number of hydrazone groups is 1. The average molecular weight is 343 g/mol. The Bertz CT molecular complexity index is 869. The second-order valence-electron chi connectivity index (χ2n) is 5.87. The Morgan fingerprint density at radius 2 is 1.65 bits per heavy atom. The zero-order chi connectivity index (χ0) is 18.2. The molecule has 1 aromatic heterocycles. The maximum Gasteiger partial charge on any atom is 0.172 e. The van der Waals surface area contributed by atoms with Gasteiger partial charge in [-0.05, 0) is 42.0 Å². The minimum absolute atomic E-state index is 0.595. The number of nitrogens with zero attached hydrogens (tertiary/aromatic N) is 4. The summed E-state index contributed by atoms with van der Waals surface area (Å²) >= 11 is 0. The highest BCUT2D eigenvalue weighted by molar-refractivity contribution is 5.99. The zero-order valence-corrected chi connectivity index (χ0v) is 14.9. The first kappa shape index (κ1) is 17.4. The SMILES string of the molecule is CN(C)c1ccc(C=NNC(=Nc2ccccc2)c2ccccn2)cc1. The number of anilines is 1. The topological polar surface area (TPSA) is 52.9 Å². The van der Waals surface area contributed by atoms with Crippen LogP contribution in [0.1, 0.15) is 11.3 Å². The maximum atomic E-state index is 4.62. The van der Waals surface area contributed by atoms with Gasteiger partial charge in [0.2, 0.25) is 0 Å². The van der Waals surface area contributed by atoms with Gasteiger partial charge in [-0.1, -0.05) is 36.4 Å². The Hall–Kier alpha value is -3.47. The summed E-state index contributed by atoms with van der Waals surface area (Å²) in [5.41, 5.74) is 6.74. The Balaban J connectivity index is 1.79. The van der Waals surface area contributed by atoms with E-state index < -0.39 is 0 Å². The van der Waals surface area contributed by atoms with Crippen LogP contribution in [0, 0.1) is 0 Å². The lowest BCUT2D eigenvalue weighted by Gasteiger charge is -2.11. The molecular formula is C21H21N5. The average Bonchev–Trinajstić information content (AvgIpc) is 2.69. The molecule has 0 aliphatic heterocycles. The van der Waals surface area contributed by atoms with Gasteiger partial charge in [0.05, 0.1) is 11.9 Å². The molecular weight excluding hydrogens is 322 g/mol. The molecule has 0 aliphatic carbocycles. The largest absolute Gasteiger partial charge is 0.378 e. The van der Waals surface area contributed by atoms with Crippen LogP contribution < -0.4 is 10.3 Å². The molecule has 0 aliphatic rings. The van der Waals surface area contributed by atoms with Gasteiger partial charge in [0.15, 0.2) is 5.84 Å². The predicted octanol–water partition coefficient (Wildman–Crippen LogP) is 3.85. The molecule has 1 N–H and O–H groups in total. The van der Waals surface area contributed by atoms with Crippen LogP contribution in [0.3, 0.4) is 0 Å². The molecule has 3 aromatic rings. The van der Waals surface area contributed by atoms with Crippen molar-refractivity contribution in [3.05, 3.63) is 90.3 Å². The number of rotatable bonds is 5. The van der Waals surface area contributed by atoms with Crippen molar-refractivity contribution in [1.82, 2.24) is 10.4 Å². The number of amidine groups is 1. The van der Waals surface area contributed by atoms with Crippen molar-refractivity contribution in [2.24, 2.45) is 10.1 Å². The van der Waals surface area contributed by atoms with E-state index in [4.69, 9.17) is 0 Å². The van der Waals surface area contributed by atoms with Crippen LogP contribution in [0.25, 0.3) is 0 Å². The fourth-order valence-electron chi connectivity index (χ4n) is 2.30. The van der Waals surface area contributed by atoms with E-state index in [0.29, 0.717) is 5.84 Å². The van der Waals surface area contributed by atoms with Gasteiger partial charge in [0, 0.05) is 26.0 Å². The number of aliphatic imine (C=N–C) groups is 1. The van der Waals surface area contributed by atoms with Gasteiger partial charge in [-0.2, -0.15) is 5.10 Å². The normalized spacial score (nSPS) is 11.5. The van der Waals surface area contributed by atoms with Crippen molar-refractivity contribution < 1.29 is 0 Å². The van der Waals surface area contributed by atoms with Gasteiger partial charge in [-0.15, -0.1) is 0 Å². The first-order valence-electron chi connectivity index (χ1n) is 8.34. The molecule has 0 atom stereocenters. The second-order valence-corrected chi connectivity index (χ2v) is 5.87. The number of pyridine rings is 1. The summed E-state index contributed by atoms with van der Waals surface area (Å²) in [4.78, 5) is 11.0. The van der Waals surface area contributed by atoms with Gasteiger partial charge >= 0.3 is 0 Å². The molecule has 2 aromatic carbocycles. The highest BCUT2D eigenvalue weighted by atomic mass is 15.3. The van der Waals surface area contributed by atoms with Gasteiger partial charge < -0.3 is 4.90 Å². The summed E-state index contributed by atoms with van der Waals surface area (Å²) in [6, 6.07) is 23.6. The summed E-state index contributed by atoms with van der Waals surface area (Å²) in [5, 5.41) is 4.33. The lowest BCUT2D eigenvalue weighted by molar-refractivity contribution is 1.02. The summed E-state index contributed by atoms with van der Waals surface area (Å²) in [5.74, 6) is 0.595. The first-order chi connectivity index (χ1) is 12.7. The Morgan fingerprint density at radius 1 is 0.923 bits per heavy atom. The van der Waals surface area contributed by atoms with Crippen molar-refractivity contribution in [3.8, 4) is 0 Å². The molecule has 0 fully saturated rings. The van der Waals surface area contributed by atoms with Crippen molar-refractivity contribution in [1.29, 1.82) is 0 Å². The molecule has 5 nitrogen and oxygen atoms in total. The van der Waals surface area contributed by atoms with Crippen LogP contribution in [0.5, 0.6) is 0 Å². The van der Waals surface area contributed by atoms with Crippen molar-refractivity contribution >= 4 is 23.4 Å². The van der Waals surface area contributed by atoms with Gasteiger partial charge in [-0.3, -0.25) is 10.4 Å². The summed E-state index contributed by atoms with van der Waals surface area (Å²) in [6.45, 7) is 0. The van der Waals surface area contributed by atoms with E-state index in [-0.39, 0.29) is 0 Å². The van der Waals surface area contributed by atoms with E-state index in [2.05, 4.69) is 37.5 Å². The number of nitrogens with one attached hydrogen (secondary N) is 1. The third-order valence-electron chi connectivity index (χ3n) is 3.70. The lowest BCUT2D eigenvalue weighted by Crippen LogP contribution is -2.20. The van der Waals surface area contributed by atoms with Gasteiger partial charge in [0.25, 0.3) is 0 Å². The quantitative estimate of drug-likeness (QED) is 0.435. The number of aromatic nitrogens is 1. The van der Waals surface area contributed by atoms with Crippen LogP contribution >= 0.6 is 0 Å². The third kappa shape index (κ3) is 4.77. The van der Waals surface area contributed by atoms with Crippen LogP contribution in [0.4, 0.5) is 11.4 Å². The van der Waals surface area contributed by atoms with E-state index in [9.17, 15) is 0 Å². The molecule has 0 radical (unpaired) electrons. The van der Waals surface area contributed by atoms with E-state index >= 15 is 0 Å². The fourth-order valence-corrected chi connectivity index (χ4v) is 2.30. The van der Waals surface area contributed by atoms with Crippen LogP contribution in [-0.2, 0) is 0 Å². The van der Waals surface area contributed by atoms with Gasteiger partial charge in [0.1, 0.15) is 5.69 Å². The van der Waals surface area contributed by atoms with Crippen LogP contribution in [0.15, 0.2) is 89.1 Å². The summed E-state index contributed by atoms with van der Waals surface area (Å²) in [7, 11) is 4.04. The van der Waals surface area contributed by atoms with E-state index in [0.717, 1.165) is 22.6 Å². The van der Waals surface area contributed by atoms with E-state index in [1.54, 1.807) is 12.4 Å². The standard InChI is InChI=1S/C21H21N5/c1-26(2)19-13-11-17(12-14-19)16-23-25-21(20-10-6-7-15-22-20)24-18-8-4-3-5-9-18/h3-16H,1-2H3,(H,24,25). The molecule has 5 heteroatoms. The minimum atomic E-state index is 0.595. The highest BCUT2D eigenvalue weighted by Gasteiger charge is 2.03. The maximum absolute atomic E-state index is 4.62. The van der Waals surface area contributed by atoms with Crippen molar-refractivity contribution in [3.63, 3.8) is 0 Å². The first-order valence-corrected chi connectivity index (χ1v) is 8.34. The third-order valence-corrected chi connectivity index (χ3v) is 3.70. The number of benzene rings is 2. The molecule has 3 rings (SSSR count). The fraction of sp³-hybridized carbons (Fsp3) is 0.0952. The van der Waals surface area contributed by atoms with Crippen molar-refractivity contribution in [2.75, 3.05) is 19.0 Å². The van der Waals surface area contributed by atoms with Crippen LogP contribution in [0.2, 0.25) is 0 Å². The molecule has 0 saturated heterocycles. The Kier molecular flexibility index (Phi) is 5.72. The van der Waals surface area contributed by atoms with E-state index in [1.165, 1.54) is 0 Å². The number of para-hydroxylation sites is 1. The molecule has 0 spiro atoms. The van der Waals surface area contributed by atoms with Crippen LogP contribution in [-0.4, -0.2) is 31.1 Å². The molecule has 26 heavy (non-hydrogen) atoms. The Labute approximate surface area is 153 Å². The zero-order valence-electron chi connectivity index (χ0n) is 14.9. The smallest absolute Gasteiger partial charge is 0.172 e. The molecule has 0 unspecified atom stereocenters. The second kappa shape index (κ2) is 8.58. The summed E-state index contributed by atoms with van der Waals surface area (Å²) in [6.07, 6.45) is 3.50. The molecule has 130 valence electrons. The molecule has 0 bridgehead atoms. The monoisotopic (exact) mass is 343 g/mol. The molecule has 0 amide bonds. The minimum Gasteiger partial charge on any atom is -0.378 e. The van der Waals surface area contributed by atoms with Gasteiger partial charge in [-0.25, -0.2) is 4.99 Å². The molecule has 0 saturated carbocycles. The highest BCUT2D eigenvalue weighted by Crippen LogP contribution is 2.12. The number of hydrogen-bond donors (Lipinski definition) is 1. The molecule has 1 heterocycles. The number of hydrogen-bond acceptors (Lipinski definition) is 4.